The SMILES string of the molecule is C=C(C)[C@@H]1CC[C@]2(NCC(C(C)N)N3CCS(=O)(=O)CC3)CC[C@]3(C)[C@H](CC[C@@H]4[C@@]5(C)CC[C@H](OC(=O)[C@H]6C[C@@H](C(=O)O)C6(C)C)C(C)(C)[C@@H]5CC[C@]43C)[C@@H]12. The highest BCUT2D eigenvalue weighted by Crippen LogP contribution is 2.76. The minimum absolute atomic E-state index is 0.0382. The fraction of sp³-hybridized carbons (Fsp3) is 0.911. The molecule has 312 valence electrons. The molecule has 7 fully saturated rings. The molecule has 2 unspecified atom stereocenters. The molecule has 10 heteroatoms. The van der Waals surface area contributed by atoms with Crippen LogP contribution in [0.4, 0.5) is 0 Å². The third kappa shape index (κ3) is 6.33. The van der Waals surface area contributed by atoms with Gasteiger partial charge in [-0.3, -0.25) is 14.5 Å². The molecule has 4 N–H and O–H groups in total. The van der Waals surface area contributed by atoms with Gasteiger partial charge in [0.25, 0.3) is 0 Å². The number of allylic oxidation sites excluding steroid dienone is 1. The normalized spacial score (nSPS) is 46.7. The second-order valence-corrected chi connectivity index (χ2v) is 24.4. The van der Waals surface area contributed by atoms with Gasteiger partial charge in [0, 0.05) is 42.7 Å². The van der Waals surface area contributed by atoms with Crippen LogP contribution >= 0.6 is 0 Å². The fourth-order valence-electron chi connectivity index (χ4n) is 15.6. The number of hydrogen-bond donors (Lipinski definition) is 3. The van der Waals surface area contributed by atoms with Crippen molar-refractivity contribution in [1.29, 1.82) is 0 Å². The lowest BCUT2D eigenvalue weighted by Gasteiger charge is -2.73. The Morgan fingerprint density at radius 1 is 0.873 bits per heavy atom. The molecule has 0 radical (unpaired) electrons. The van der Waals surface area contributed by atoms with Crippen molar-refractivity contribution >= 4 is 21.8 Å². The molecule has 0 spiro atoms. The second-order valence-electron chi connectivity index (χ2n) is 22.1. The molecule has 7 aliphatic rings. The lowest BCUT2D eigenvalue weighted by atomic mass is 9.32. The Morgan fingerprint density at radius 3 is 2.15 bits per heavy atom. The topological polar surface area (TPSA) is 139 Å². The van der Waals surface area contributed by atoms with Crippen molar-refractivity contribution in [3.8, 4) is 0 Å². The van der Waals surface area contributed by atoms with E-state index in [-0.39, 0.29) is 68.8 Å². The van der Waals surface area contributed by atoms with Crippen LogP contribution in [-0.4, -0.2) is 85.2 Å². The number of hydrogen-bond acceptors (Lipinski definition) is 8. The van der Waals surface area contributed by atoms with Gasteiger partial charge in [-0.2, -0.15) is 0 Å². The maximum absolute atomic E-state index is 13.6. The highest BCUT2D eigenvalue weighted by Gasteiger charge is 2.71. The summed E-state index contributed by atoms with van der Waals surface area (Å²) in [4.78, 5) is 27.8. The van der Waals surface area contributed by atoms with Gasteiger partial charge in [0.05, 0.1) is 23.3 Å². The number of carboxylic acid groups (broad SMARTS) is 1. The van der Waals surface area contributed by atoms with E-state index < -0.39 is 27.1 Å². The fourth-order valence-corrected chi connectivity index (χ4v) is 16.8. The van der Waals surface area contributed by atoms with E-state index in [0.29, 0.717) is 49.1 Å². The van der Waals surface area contributed by atoms with Crippen LogP contribution in [0.2, 0.25) is 0 Å². The Balaban J connectivity index is 1.10. The smallest absolute Gasteiger partial charge is 0.309 e. The number of rotatable bonds is 9. The Hall–Kier alpha value is -1.49. The number of nitrogens with one attached hydrogen (secondary N) is 1. The summed E-state index contributed by atoms with van der Waals surface area (Å²) < 4.78 is 31.0. The Kier molecular flexibility index (Phi) is 10.4. The summed E-state index contributed by atoms with van der Waals surface area (Å²) in [6.45, 7) is 27.3. The quantitative estimate of drug-likeness (QED) is 0.165. The van der Waals surface area contributed by atoms with E-state index in [1.165, 1.54) is 37.7 Å². The Labute approximate surface area is 333 Å². The van der Waals surface area contributed by atoms with Crippen molar-refractivity contribution in [3.63, 3.8) is 0 Å². The lowest BCUT2D eigenvalue weighted by Crippen LogP contribution is -2.69. The van der Waals surface area contributed by atoms with Crippen molar-refractivity contribution in [3.05, 3.63) is 12.2 Å². The van der Waals surface area contributed by atoms with Gasteiger partial charge in [-0.05, 0) is 136 Å². The summed E-state index contributed by atoms with van der Waals surface area (Å²) in [7, 11) is -2.96. The first-order valence-corrected chi connectivity index (χ1v) is 23.8. The van der Waals surface area contributed by atoms with Crippen LogP contribution in [0.1, 0.15) is 133 Å². The maximum Gasteiger partial charge on any atom is 0.309 e. The molecule has 9 nitrogen and oxygen atoms in total. The molecule has 1 heterocycles. The number of carbonyl (C=O) groups is 2. The number of esters is 1. The number of fused-ring (bicyclic) bond motifs is 7. The molecule has 14 atom stereocenters. The minimum Gasteiger partial charge on any atom is -0.481 e. The molecule has 1 saturated heterocycles. The van der Waals surface area contributed by atoms with E-state index in [4.69, 9.17) is 10.5 Å². The molecular formula is C45H75N3O6S. The molecule has 0 aromatic rings. The van der Waals surface area contributed by atoms with E-state index in [1.54, 1.807) is 0 Å². The summed E-state index contributed by atoms with van der Waals surface area (Å²) in [6, 6.07) is 0.0450. The van der Waals surface area contributed by atoms with Crippen molar-refractivity contribution in [2.75, 3.05) is 31.1 Å². The summed E-state index contributed by atoms with van der Waals surface area (Å²) in [5, 5.41) is 13.9. The largest absolute Gasteiger partial charge is 0.481 e. The second kappa shape index (κ2) is 13.8. The first-order valence-electron chi connectivity index (χ1n) is 22.0. The molecule has 0 bridgehead atoms. The molecule has 7 rings (SSSR count). The number of carboxylic acids is 1. The Bertz CT molecular complexity index is 1650. The molecule has 6 saturated carbocycles. The van der Waals surface area contributed by atoms with Crippen molar-refractivity contribution < 1.29 is 27.9 Å². The summed E-state index contributed by atoms with van der Waals surface area (Å²) in [5.41, 5.74) is 7.81. The zero-order valence-electron chi connectivity index (χ0n) is 35.7. The minimum atomic E-state index is -2.96. The molecule has 0 aromatic heterocycles. The number of nitrogens with zero attached hydrogens (tertiary/aromatic N) is 1. The predicted octanol–water partition coefficient (Wildman–Crippen LogP) is 7.09. The van der Waals surface area contributed by atoms with Crippen LogP contribution in [0.25, 0.3) is 0 Å². The van der Waals surface area contributed by atoms with Gasteiger partial charge in [0.1, 0.15) is 6.10 Å². The highest BCUT2D eigenvalue weighted by atomic mass is 32.2. The third-order valence-electron chi connectivity index (χ3n) is 19.2. The Morgan fingerprint density at radius 2 is 1.55 bits per heavy atom. The first kappa shape index (κ1) is 41.7. The van der Waals surface area contributed by atoms with Crippen molar-refractivity contribution in [2.24, 2.45) is 74.2 Å². The van der Waals surface area contributed by atoms with Crippen LogP contribution in [0.15, 0.2) is 12.2 Å². The zero-order chi connectivity index (χ0) is 40.3. The number of ether oxygens (including phenoxy) is 1. The van der Waals surface area contributed by atoms with Crippen LogP contribution in [0.5, 0.6) is 0 Å². The molecule has 1 aliphatic heterocycles. The van der Waals surface area contributed by atoms with E-state index in [0.717, 1.165) is 38.6 Å². The van der Waals surface area contributed by atoms with Gasteiger partial charge in [-0.25, -0.2) is 8.42 Å². The van der Waals surface area contributed by atoms with Gasteiger partial charge in [0.15, 0.2) is 9.84 Å². The molecule has 0 amide bonds. The molecule has 6 aliphatic carbocycles. The summed E-state index contributed by atoms with van der Waals surface area (Å²) >= 11 is 0. The lowest BCUT2D eigenvalue weighted by molar-refractivity contribution is -0.248. The average molecular weight is 786 g/mol. The monoisotopic (exact) mass is 786 g/mol. The van der Waals surface area contributed by atoms with E-state index >= 15 is 0 Å². The van der Waals surface area contributed by atoms with Crippen LogP contribution in [0.3, 0.4) is 0 Å². The summed E-state index contributed by atoms with van der Waals surface area (Å²) in [6.07, 6.45) is 11.6. The van der Waals surface area contributed by atoms with Crippen LogP contribution in [-0.2, 0) is 24.2 Å². The predicted molar refractivity (Wildman–Crippen MR) is 218 cm³/mol. The average Bonchev–Trinajstić information content (AvgIpc) is 3.46. The van der Waals surface area contributed by atoms with Gasteiger partial charge >= 0.3 is 11.9 Å². The van der Waals surface area contributed by atoms with Crippen LogP contribution < -0.4 is 11.1 Å². The van der Waals surface area contributed by atoms with Crippen LogP contribution in [0, 0.1) is 68.5 Å². The van der Waals surface area contributed by atoms with Crippen molar-refractivity contribution in [2.45, 2.75) is 157 Å². The van der Waals surface area contributed by atoms with Crippen molar-refractivity contribution in [1.82, 2.24) is 10.2 Å². The number of nitrogens with two attached hydrogens (primary N) is 1. The van der Waals surface area contributed by atoms with Gasteiger partial charge in [-0.1, -0.05) is 60.6 Å². The molecule has 0 aromatic carbocycles. The van der Waals surface area contributed by atoms with Gasteiger partial charge in [-0.15, -0.1) is 0 Å². The zero-order valence-corrected chi connectivity index (χ0v) is 36.5. The highest BCUT2D eigenvalue weighted by molar-refractivity contribution is 7.91. The van der Waals surface area contributed by atoms with E-state index in [2.05, 4.69) is 65.3 Å². The number of aliphatic carboxylic acids is 1. The molecule has 55 heavy (non-hydrogen) atoms. The van der Waals surface area contributed by atoms with Gasteiger partial charge < -0.3 is 20.9 Å². The van der Waals surface area contributed by atoms with Gasteiger partial charge in [0.2, 0.25) is 0 Å². The number of carbonyl (C=O) groups excluding carboxylic acids is 1. The maximum atomic E-state index is 13.6. The summed E-state index contributed by atoms with van der Waals surface area (Å²) in [5.74, 6) is 1.23. The third-order valence-corrected chi connectivity index (χ3v) is 20.8. The first-order chi connectivity index (χ1) is 25.5. The standard InChI is InChI=1S/C45H75N3O6S/c1-27(2)29-13-18-45(47-26-33(28(3)46)48-21-23-55(52,53)24-22-48)20-19-43(9)30(37(29)45)11-12-35-42(8)16-15-36(41(6,7)34(42)14-17-44(35,43)10)54-39(51)32-25-31(38(49)50)40(32,4)5/h28-37,47H,1,11-26,46H2,2-10H3,(H,49,50)/t28?,29-,30+,31-,32+,33?,34-,35+,36-,37+,42-,43+,44+,45-/m0/s1. The van der Waals surface area contributed by atoms with E-state index in [1.807, 2.05) is 13.8 Å². The van der Waals surface area contributed by atoms with E-state index in [9.17, 15) is 23.1 Å². The number of sulfone groups is 1. The molecular weight excluding hydrogens is 711 g/mol.